The van der Waals surface area contributed by atoms with E-state index in [4.69, 9.17) is 4.42 Å². The number of aliphatic hydroxyl groups excluding tert-OH is 1. The van der Waals surface area contributed by atoms with Crippen LogP contribution < -0.4 is 15.8 Å². The smallest absolute Gasteiger partial charge is 0.251 e. The van der Waals surface area contributed by atoms with Gasteiger partial charge in [0.25, 0.3) is 11.8 Å². The van der Waals surface area contributed by atoms with Gasteiger partial charge in [-0.3, -0.25) is 14.7 Å². The van der Waals surface area contributed by atoms with Crippen LogP contribution in [0.4, 0.5) is 5.95 Å². The lowest BCUT2D eigenvalue weighted by atomic mass is 9.95. The second-order valence-corrected chi connectivity index (χ2v) is 10.3. The normalized spacial score (nSPS) is 18.5. The number of aromatic nitrogens is 4. The highest BCUT2D eigenvalue weighted by Gasteiger charge is 2.33. The SMILES string of the molecule is CN1CCN(Cc2nnc(-c3cnc(N(NC(CO)c4ccccc4)C4CNC(=O)c5ccccc54)nc3)o2)CC1. The summed E-state index contributed by atoms with van der Waals surface area (Å²) < 4.78 is 5.95. The summed E-state index contributed by atoms with van der Waals surface area (Å²) in [6, 6.07) is 16.4. The maximum Gasteiger partial charge on any atom is 0.251 e. The van der Waals surface area contributed by atoms with E-state index in [0.29, 0.717) is 41.9 Å². The molecule has 1 amide bonds. The summed E-state index contributed by atoms with van der Waals surface area (Å²) in [4.78, 5) is 26.5. The summed E-state index contributed by atoms with van der Waals surface area (Å²) in [5.41, 5.74) is 6.36. The summed E-state index contributed by atoms with van der Waals surface area (Å²) in [7, 11) is 2.12. The van der Waals surface area contributed by atoms with Crippen LogP contribution >= 0.6 is 0 Å². The molecule has 0 radical (unpaired) electrons. The van der Waals surface area contributed by atoms with E-state index in [1.54, 1.807) is 18.5 Å². The lowest BCUT2D eigenvalue weighted by molar-refractivity contribution is 0.0937. The molecule has 3 N–H and O–H groups in total. The second-order valence-electron chi connectivity index (χ2n) is 10.3. The van der Waals surface area contributed by atoms with Crippen molar-refractivity contribution in [2.75, 3.05) is 51.4 Å². The number of carbonyl (C=O) groups is 1. The van der Waals surface area contributed by atoms with Crippen LogP contribution in [0.1, 0.15) is 39.5 Å². The van der Waals surface area contributed by atoms with Gasteiger partial charge in [-0.25, -0.2) is 15.4 Å². The fraction of sp³-hybridized carbons (Fsp3) is 0.345. The lowest BCUT2D eigenvalue weighted by Crippen LogP contribution is -2.51. The predicted molar refractivity (Wildman–Crippen MR) is 151 cm³/mol. The molecule has 2 aliphatic heterocycles. The molecule has 1 saturated heterocycles. The van der Waals surface area contributed by atoms with E-state index >= 15 is 0 Å². The van der Waals surface area contributed by atoms with Gasteiger partial charge in [0.1, 0.15) is 0 Å². The number of hydrogen-bond acceptors (Lipinski definition) is 11. The Morgan fingerprint density at radius 2 is 1.78 bits per heavy atom. The molecular weight excluding hydrogens is 522 g/mol. The van der Waals surface area contributed by atoms with Crippen molar-refractivity contribution in [3.05, 3.63) is 89.6 Å². The van der Waals surface area contributed by atoms with Gasteiger partial charge < -0.3 is 19.7 Å². The van der Waals surface area contributed by atoms with Gasteiger partial charge in [0.05, 0.1) is 30.8 Å². The molecular formula is C29H33N9O3. The molecule has 2 aromatic carbocycles. The van der Waals surface area contributed by atoms with Crippen molar-refractivity contribution in [1.82, 2.24) is 40.7 Å². The van der Waals surface area contributed by atoms with Gasteiger partial charge in [0.15, 0.2) is 0 Å². The number of piperazine rings is 1. The first-order chi connectivity index (χ1) is 20.1. The van der Waals surface area contributed by atoms with Gasteiger partial charge in [-0.15, -0.1) is 10.2 Å². The van der Waals surface area contributed by atoms with E-state index in [0.717, 1.165) is 37.3 Å². The Labute approximate surface area is 238 Å². The number of hydrogen-bond donors (Lipinski definition) is 3. The number of aliphatic hydroxyl groups is 1. The Kier molecular flexibility index (Phi) is 7.96. The Morgan fingerprint density at radius 3 is 2.54 bits per heavy atom. The molecule has 41 heavy (non-hydrogen) atoms. The molecule has 1 fully saturated rings. The number of nitrogens with one attached hydrogen (secondary N) is 2. The quantitative estimate of drug-likeness (QED) is 0.261. The van der Waals surface area contributed by atoms with E-state index < -0.39 is 6.04 Å². The molecule has 4 aromatic rings. The molecule has 2 aliphatic rings. The minimum Gasteiger partial charge on any atom is -0.419 e. The lowest BCUT2D eigenvalue weighted by Gasteiger charge is -2.38. The molecule has 2 aromatic heterocycles. The third-order valence-electron chi connectivity index (χ3n) is 7.53. The summed E-state index contributed by atoms with van der Waals surface area (Å²) in [6.45, 7) is 4.72. The van der Waals surface area contributed by atoms with E-state index in [1.807, 2.05) is 53.5 Å². The summed E-state index contributed by atoms with van der Waals surface area (Å²) in [5.74, 6) is 1.16. The third kappa shape index (κ3) is 5.95. The highest BCUT2D eigenvalue weighted by atomic mass is 16.4. The largest absolute Gasteiger partial charge is 0.419 e. The number of hydrazine groups is 1. The zero-order valence-electron chi connectivity index (χ0n) is 22.8. The Balaban J connectivity index is 1.27. The summed E-state index contributed by atoms with van der Waals surface area (Å²) in [6.07, 6.45) is 3.29. The first-order valence-electron chi connectivity index (χ1n) is 13.7. The zero-order valence-corrected chi connectivity index (χ0v) is 22.8. The van der Waals surface area contributed by atoms with Crippen LogP contribution in [0.2, 0.25) is 0 Å². The van der Waals surface area contributed by atoms with Crippen molar-refractivity contribution < 1.29 is 14.3 Å². The van der Waals surface area contributed by atoms with E-state index in [2.05, 4.69) is 47.8 Å². The van der Waals surface area contributed by atoms with Crippen LogP contribution in [0.5, 0.6) is 0 Å². The molecule has 0 bridgehead atoms. The highest BCUT2D eigenvalue weighted by Crippen LogP contribution is 2.30. The topological polar surface area (TPSA) is 136 Å². The van der Waals surface area contributed by atoms with Crippen molar-refractivity contribution >= 4 is 11.9 Å². The van der Waals surface area contributed by atoms with Gasteiger partial charge in [-0.1, -0.05) is 48.5 Å². The molecule has 2 atom stereocenters. The van der Waals surface area contributed by atoms with Gasteiger partial charge in [-0.05, 0) is 24.2 Å². The van der Waals surface area contributed by atoms with Crippen molar-refractivity contribution in [2.24, 2.45) is 0 Å². The van der Waals surface area contributed by atoms with Crippen molar-refractivity contribution in [3.63, 3.8) is 0 Å². The maximum atomic E-state index is 12.6. The highest BCUT2D eigenvalue weighted by molar-refractivity contribution is 5.97. The number of anilines is 1. The molecule has 12 heteroatoms. The fourth-order valence-electron chi connectivity index (χ4n) is 5.17. The van der Waals surface area contributed by atoms with Crippen LogP contribution in [0.25, 0.3) is 11.5 Å². The van der Waals surface area contributed by atoms with Gasteiger partial charge in [0.2, 0.25) is 11.8 Å². The number of rotatable bonds is 9. The van der Waals surface area contributed by atoms with Crippen LogP contribution in [0.15, 0.2) is 71.4 Å². The Hall–Kier alpha value is -4.23. The van der Waals surface area contributed by atoms with Crippen LogP contribution in [-0.2, 0) is 6.54 Å². The Morgan fingerprint density at radius 1 is 1.05 bits per heavy atom. The number of likely N-dealkylation sites (N-methyl/N-ethyl adjacent to an activating group) is 1. The molecule has 6 rings (SSSR count). The van der Waals surface area contributed by atoms with E-state index in [1.165, 1.54) is 0 Å². The van der Waals surface area contributed by atoms with Crippen LogP contribution in [0.3, 0.4) is 0 Å². The van der Waals surface area contributed by atoms with Gasteiger partial charge in [0, 0.05) is 50.7 Å². The number of fused-ring (bicyclic) bond motifs is 1. The molecule has 2 unspecified atom stereocenters. The first-order valence-corrected chi connectivity index (χ1v) is 13.7. The van der Waals surface area contributed by atoms with Crippen molar-refractivity contribution in [2.45, 2.75) is 18.6 Å². The second kappa shape index (κ2) is 12.1. The molecule has 12 nitrogen and oxygen atoms in total. The van der Waals surface area contributed by atoms with Crippen LogP contribution in [0, 0.1) is 0 Å². The monoisotopic (exact) mass is 555 g/mol. The first kappa shape index (κ1) is 27.0. The number of carbonyl (C=O) groups excluding carboxylic acids is 1. The predicted octanol–water partition coefficient (Wildman–Crippen LogP) is 1.80. The number of nitrogens with zero attached hydrogens (tertiary/aromatic N) is 7. The standard InChI is InChI=1S/C29H33N9O3/c1-36-11-13-37(14-12-36)18-26-33-34-28(41-26)21-15-31-29(32-16-21)38(35-24(19-39)20-7-3-2-4-8-20)25-17-30-27(40)23-10-6-5-9-22(23)25/h2-10,15-16,24-25,35,39H,11-14,17-19H2,1H3,(H,30,40). The summed E-state index contributed by atoms with van der Waals surface area (Å²) in [5, 5.41) is 23.5. The molecule has 4 heterocycles. The Bertz CT molecular complexity index is 1460. The van der Waals surface area contributed by atoms with Crippen LogP contribution in [-0.4, -0.2) is 87.4 Å². The van der Waals surface area contributed by atoms with Gasteiger partial charge >= 0.3 is 0 Å². The number of benzene rings is 2. The fourth-order valence-corrected chi connectivity index (χ4v) is 5.17. The molecule has 0 saturated carbocycles. The average molecular weight is 556 g/mol. The van der Waals surface area contributed by atoms with E-state index in [9.17, 15) is 9.90 Å². The number of amides is 1. The average Bonchev–Trinajstić information content (AvgIpc) is 3.49. The van der Waals surface area contributed by atoms with Crippen molar-refractivity contribution in [3.8, 4) is 11.5 Å². The minimum absolute atomic E-state index is 0.126. The third-order valence-corrected chi connectivity index (χ3v) is 7.53. The molecule has 212 valence electrons. The molecule has 0 aliphatic carbocycles. The zero-order chi connectivity index (χ0) is 28.2. The van der Waals surface area contributed by atoms with Gasteiger partial charge in [-0.2, -0.15) is 0 Å². The van der Waals surface area contributed by atoms with E-state index in [-0.39, 0.29) is 18.6 Å². The van der Waals surface area contributed by atoms with Crippen molar-refractivity contribution in [1.29, 1.82) is 0 Å². The maximum absolute atomic E-state index is 12.6. The summed E-state index contributed by atoms with van der Waals surface area (Å²) >= 11 is 0. The minimum atomic E-state index is -0.433. The molecule has 0 spiro atoms.